The molecule has 0 aliphatic heterocycles. The lowest BCUT2D eigenvalue weighted by atomic mass is 9.85. The Labute approximate surface area is 326 Å². The Kier molecular flexibility index (Phi) is 2.50. The van der Waals surface area contributed by atoms with Crippen molar-refractivity contribution in [2.75, 3.05) is 0 Å². The molecule has 0 radical (unpaired) electrons. The molecule has 0 N–H and O–H groups in total. The second-order valence-corrected chi connectivity index (χ2v) is 10.5. The molecule has 0 aliphatic rings. The molecule has 0 aliphatic carbocycles. The summed E-state index contributed by atoms with van der Waals surface area (Å²) in [5.74, 6) is 0. The first kappa shape index (κ1) is 11.1. The monoisotopic (exact) mass is 652 g/mol. The number of fused-ring (bicyclic) bond motifs is 6. The van der Waals surface area contributed by atoms with Crippen LogP contribution in [0.2, 0.25) is 0 Å². The molecule has 10 aromatic rings. The van der Waals surface area contributed by atoms with E-state index in [2.05, 4.69) is 0 Å². The van der Waals surface area contributed by atoms with Crippen LogP contribution in [0.1, 0.15) is 41.1 Å². The average Bonchev–Trinajstić information content (AvgIpc) is 4.05. The maximum Gasteiger partial charge on any atom is 0.136 e. The molecule has 1 aromatic heterocycles. The lowest BCUT2D eigenvalue weighted by molar-refractivity contribution is 0.669. The van der Waals surface area contributed by atoms with Gasteiger partial charge in [0.2, 0.25) is 0 Å². The summed E-state index contributed by atoms with van der Waals surface area (Å²) in [5, 5.41) is -5.52. The molecule has 0 atom stereocenters. The predicted octanol–water partition coefficient (Wildman–Crippen LogP) is 13.7. The number of hydrogen-bond acceptors (Lipinski definition) is 1. The Hall–Kier alpha value is -6.44. The van der Waals surface area contributed by atoms with E-state index in [1.807, 2.05) is 0 Å². The lowest BCUT2D eigenvalue weighted by Crippen LogP contribution is -1.91. The molecule has 0 amide bonds. The van der Waals surface area contributed by atoms with Gasteiger partial charge in [-0.25, -0.2) is 0 Å². The first-order chi connectivity index (χ1) is 36.8. The highest BCUT2D eigenvalue weighted by atomic mass is 16.3. The second kappa shape index (κ2) is 11.1. The zero-order valence-electron chi connectivity index (χ0n) is 54.4. The van der Waals surface area contributed by atoms with Gasteiger partial charge in [0, 0.05) is 10.8 Å². The van der Waals surface area contributed by atoms with Gasteiger partial charge in [-0.15, -0.1) is 0 Å². The minimum Gasteiger partial charge on any atom is -0.456 e. The van der Waals surface area contributed by atoms with Crippen LogP contribution in [-0.4, -0.2) is 0 Å². The van der Waals surface area contributed by atoms with Gasteiger partial charge in [0.15, 0.2) is 0 Å². The van der Waals surface area contributed by atoms with Crippen molar-refractivity contribution >= 4 is 54.3 Å². The van der Waals surface area contributed by atoms with Gasteiger partial charge in [-0.1, -0.05) is 151 Å². The normalized spacial score (nSPS) is 20.2. The fraction of sp³-hybridized carbons (Fsp3) is 0. The van der Waals surface area contributed by atoms with Crippen molar-refractivity contribution in [3.63, 3.8) is 0 Å². The first-order valence-electron chi connectivity index (χ1n) is 29.4. The minimum atomic E-state index is -1.11. The van der Waals surface area contributed by atoms with Crippen LogP contribution in [0.4, 0.5) is 0 Å². The fourth-order valence-corrected chi connectivity index (χ4v) is 5.76. The third-order valence-electron chi connectivity index (χ3n) is 7.82. The van der Waals surface area contributed by atoms with Gasteiger partial charge in [-0.2, -0.15) is 0 Å². The molecule has 10 rings (SSSR count). The van der Waals surface area contributed by atoms with Crippen molar-refractivity contribution in [2.45, 2.75) is 0 Å². The maximum atomic E-state index is 9.80. The van der Waals surface area contributed by atoms with Gasteiger partial charge in [0.05, 0.1) is 41.1 Å². The van der Waals surface area contributed by atoms with Gasteiger partial charge in [0.25, 0.3) is 0 Å². The van der Waals surface area contributed by atoms with E-state index < -0.39 is 280 Å². The zero-order chi connectivity index (χ0) is 58.4. The van der Waals surface area contributed by atoms with E-state index >= 15 is 0 Å². The van der Waals surface area contributed by atoms with Crippen molar-refractivity contribution < 1.29 is 45.5 Å². The van der Waals surface area contributed by atoms with E-state index in [0.29, 0.717) is 0 Å². The average molecular weight is 653 g/mol. The van der Waals surface area contributed by atoms with Gasteiger partial charge < -0.3 is 4.42 Å². The molecule has 0 fully saturated rings. The molecule has 1 nitrogen and oxygen atoms in total. The Bertz CT molecular complexity index is 4490. The van der Waals surface area contributed by atoms with E-state index in [0.717, 1.165) is 0 Å². The van der Waals surface area contributed by atoms with Crippen LogP contribution < -0.4 is 0 Å². The largest absolute Gasteiger partial charge is 0.456 e. The van der Waals surface area contributed by atoms with Crippen LogP contribution in [0.15, 0.2) is 186 Å². The molecule has 0 bridgehead atoms. The van der Waals surface area contributed by atoms with Gasteiger partial charge in [0.1, 0.15) is 11.2 Å². The Morgan fingerprint density at radius 3 is 1.61 bits per heavy atom. The molecular formula is C48H30O. The van der Waals surface area contributed by atoms with Crippen LogP contribution in [0, 0.1) is 0 Å². The van der Waals surface area contributed by atoms with Crippen molar-refractivity contribution in [3.8, 4) is 44.5 Å². The van der Waals surface area contributed by atoms with E-state index in [4.69, 9.17) is 31.8 Å². The van der Waals surface area contributed by atoms with Crippen molar-refractivity contribution in [1.29, 1.82) is 0 Å². The highest BCUT2D eigenvalue weighted by Gasteiger charge is 2.19. The Morgan fingerprint density at radius 2 is 0.878 bits per heavy atom. The van der Waals surface area contributed by atoms with Crippen LogP contribution in [0.5, 0.6) is 0 Å². The molecule has 49 heavy (non-hydrogen) atoms. The highest BCUT2D eigenvalue weighted by molar-refractivity contribution is 6.22. The van der Waals surface area contributed by atoms with Gasteiger partial charge in [-0.05, 0) is 107 Å². The smallest absolute Gasteiger partial charge is 0.136 e. The molecular weight excluding hydrogens is 593 g/mol. The molecule has 0 unspecified atom stereocenters. The molecule has 0 saturated carbocycles. The topological polar surface area (TPSA) is 13.1 Å². The molecule has 0 spiro atoms. The van der Waals surface area contributed by atoms with E-state index in [1.165, 1.54) is 0 Å². The predicted molar refractivity (Wildman–Crippen MR) is 208 cm³/mol. The number of rotatable bonds is 4. The third kappa shape index (κ3) is 4.47. The molecule has 9 aromatic carbocycles. The maximum absolute atomic E-state index is 9.80. The number of benzene rings is 9. The summed E-state index contributed by atoms with van der Waals surface area (Å²) in [7, 11) is 0. The summed E-state index contributed by atoms with van der Waals surface area (Å²) in [6.45, 7) is 0. The van der Waals surface area contributed by atoms with Crippen LogP contribution in [0.3, 0.4) is 0 Å². The lowest BCUT2D eigenvalue weighted by Gasteiger charge is -2.18. The minimum absolute atomic E-state index is 0.520. The summed E-state index contributed by atoms with van der Waals surface area (Å²) in [4.78, 5) is 0. The summed E-state index contributed by atoms with van der Waals surface area (Å²) in [6.07, 6.45) is 0. The van der Waals surface area contributed by atoms with Crippen LogP contribution in [-0.2, 0) is 0 Å². The molecule has 228 valence electrons. The third-order valence-corrected chi connectivity index (χ3v) is 7.82. The summed E-state index contributed by atoms with van der Waals surface area (Å²) < 4.78 is 276. The van der Waals surface area contributed by atoms with Gasteiger partial charge in [-0.3, -0.25) is 0 Å². The fourth-order valence-electron chi connectivity index (χ4n) is 5.76. The second-order valence-electron chi connectivity index (χ2n) is 10.5. The summed E-state index contributed by atoms with van der Waals surface area (Å²) >= 11 is 0. The molecule has 1 heterocycles. The van der Waals surface area contributed by atoms with Gasteiger partial charge >= 0.3 is 0 Å². The standard InChI is InChI=1S/C48H30O/c1-2-13-32(14-3-1)38-22-11-23-44-48(38)43-27-26-37(30-45(43)49-44)47-41-20-8-6-18-39(41)46(40-19-7-9-21-42(40)47)36-17-10-16-34(29-36)35-25-24-31-12-4-5-15-33(31)28-35/h1-30H/i1D,2D,3D,4D,5D,6D,7D,8D,9D,10D,11D,12D,13D,14D,15D,16D,17D,18D,19D,20D,21D,22D,23D,24D,25D,26D,27D,28D,29D,30D. The Balaban J connectivity index is 1.45. The van der Waals surface area contributed by atoms with E-state index in [9.17, 15) is 13.7 Å². The molecule has 0 saturated heterocycles. The SMILES string of the molecule is [2H]c1c([2H])c([2H])c(-c2c([2H])c([2H])c([2H])c3oc4c([2H])c(-c5c6c([2H])c([2H])c([2H])c([2H])c6c(-c6c([2H])c([2H])c([2H])c(-c7c([2H])c([2H])c8c([2H])c([2H])c([2H])c([2H])c8c7[2H])c6[2H])c6c([2H])c([2H])c([2H])c([2H])c56)c([2H])c([2H])c4c23)c([2H])c1[2H]. The van der Waals surface area contributed by atoms with Crippen LogP contribution in [0.25, 0.3) is 98.8 Å². The number of furan rings is 1. The summed E-state index contributed by atoms with van der Waals surface area (Å²) in [6, 6.07) is -28.8. The van der Waals surface area contributed by atoms with E-state index in [-0.39, 0.29) is 0 Å². The van der Waals surface area contributed by atoms with E-state index in [1.54, 1.807) is 0 Å². The quantitative estimate of drug-likeness (QED) is 0.172. The highest BCUT2D eigenvalue weighted by Crippen LogP contribution is 2.46. The zero-order valence-corrected chi connectivity index (χ0v) is 24.4. The van der Waals surface area contributed by atoms with Crippen molar-refractivity contribution in [3.05, 3.63) is 181 Å². The molecule has 1 heteroatoms. The Morgan fingerprint density at radius 1 is 0.327 bits per heavy atom. The number of hydrogen-bond donors (Lipinski definition) is 0. The summed E-state index contributed by atoms with van der Waals surface area (Å²) in [5.41, 5.74) is -7.80. The van der Waals surface area contributed by atoms with Crippen LogP contribution >= 0.6 is 0 Å². The first-order valence-corrected chi connectivity index (χ1v) is 14.4. The van der Waals surface area contributed by atoms with Crippen molar-refractivity contribution in [2.24, 2.45) is 0 Å². The van der Waals surface area contributed by atoms with Crippen molar-refractivity contribution in [1.82, 2.24) is 0 Å².